The first-order valence-electron chi connectivity index (χ1n) is 13.2. The maximum Gasteiger partial charge on any atom is 0.186 e. The van der Waals surface area contributed by atoms with Crippen molar-refractivity contribution in [3.63, 3.8) is 0 Å². The van der Waals surface area contributed by atoms with Crippen molar-refractivity contribution in [1.29, 1.82) is 0 Å². The van der Waals surface area contributed by atoms with Crippen molar-refractivity contribution >= 4 is 35.4 Å². The van der Waals surface area contributed by atoms with Gasteiger partial charge in [0.2, 0.25) is 0 Å². The van der Waals surface area contributed by atoms with Crippen LogP contribution in [0.3, 0.4) is 0 Å². The van der Waals surface area contributed by atoms with Crippen molar-refractivity contribution in [3.05, 3.63) is 101 Å². The van der Waals surface area contributed by atoms with Gasteiger partial charge in [-0.05, 0) is 86.3 Å². The molecular formula is C33H39O2P. The molecule has 0 aliphatic heterocycles. The van der Waals surface area contributed by atoms with E-state index in [4.69, 9.17) is 0 Å². The molecule has 36 heavy (non-hydrogen) atoms. The standard InChI is InChI=1S/C33H39O2P/c1-6-8-11-16-27(7-2)30(34)21-22-31(35)32-24(3)23-25(4)33(26(32)5)36(28-17-12-9-13-18-28)29-19-14-10-15-20-29/h9-10,12-15,17-23,27H,6-8,11,16H2,1-5H3/b22-21-. The van der Waals surface area contributed by atoms with Crippen molar-refractivity contribution in [2.75, 3.05) is 0 Å². The van der Waals surface area contributed by atoms with E-state index in [9.17, 15) is 9.59 Å². The van der Waals surface area contributed by atoms with Crippen LogP contribution in [0.25, 0.3) is 0 Å². The molecule has 0 radical (unpaired) electrons. The van der Waals surface area contributed by atoms with Crippen molar-refractivity contribution in [2.45, 2.75) is 66.7 Å². The summed E-state index contributed by atoms with van der Waals surface area (Å²) in [5, 5.41) is 3.74. The van der Waals surface area contributed by atoms with Crippen LogP contribution in [0.1, 0.15) is 73.0 Å². The Morgan fingerprint density at radius 1 is 0.806 bits per heavy atom. The molecule has 2 nitrogen and oxygen atoms in total. The lowest BCUT2D eigenvalue weighted by atomic mass is 9.92. The third-order valence-corrected chi connectivity index (χ3v) is 9.64. The minimum atomic E-state index is -0.828. The van der Waals surface area contributed by atoms with Crippen LogP contribution in [-0.2, 0) is 4.79 Å². The van der Waals surface area contributed by atoms with E-state index >= 15 is 0 Å². The fourth-order valence-electron chi connectivity index (χ4n) is 5.03. The van der Waals surface area contributed by atoms with E-state index in [0.29, 0.717) is 0 Å². The molecular weight excluding hydrogens is 459 g/mol. The summed E-state index contributed by atoms with van der Waals surface area (Å²) in [6.07, 6.45) is 8.08. The zero-order valence-electron chi connectivity index (χ0n) is 22.4. The van der Waals surface area contributed by atoms with Crippen LogP contribution in [0.4, 0.5) is 0 Å². The van der Waals surface area contributed by atoms with Crippen molar-refractivity contribution in [1.82, 2.24) is 0 Å². The Bertz CT molecular complexity index is 1160. The molecule has 3 aromatic carbocycles. The first-order valence-corrected chi connectivity index (χ1v) is 14.5. The van der Waals surface area contributed by atoms with Gasteiger partial charge in [0.05, 0.1) is 0 Å². The van der Waals surface area contributed by atoms with Crippen LogP contribution >= 0.6 is 7.92 Å². The predicted octanol–water partition coefficient (Wildman–Crippen LogP) is 7.28. The number of hydrogen-bond acceptors (Lipinski definition) is 2. The van der Waals surface area contributed by atoms with Gasteiger partial charge in [0, 0.05) is 11.5 Å². The van der Waals surface area contributed by atoms with Crippen LogP contribution in [0.2, 0.25) is 0 Å². The van der Waals surface area contributed by atoms with E-state index < -0.39 is 7.92 Å². The van der Waals surface area contributed by atoms with Crippen LogP contribution < -0.4 is 15.9 Å². The number of allylic oxidation sites excluding steroid dienone is 2. The summed E-state index contributed by atoms with van der Waals surface area (Å²) in [7, 11) is -0.828. The molecule has 0 saturated heterocycles. The highest BCUT2D eigenvalue weighted by Crippen LogP contribution is 2.37. The van der Waals surface area contributed by atoms with E-state index in [1.54, 1.807) is 0 Å². The first kappa shape index (κ1) is 27.8. The van der Waals surface area contributed by atoms with Gasteiger partial charge in [0.25, 0.3) is 0 Å². The summed E-state index contributed by atoms with van der Waals surface area (Å²) >= 11 is 0. The predicted molar refractivity (Wildman–Crippen MR) is 156 cm³/mol. The highest BCUT2D eigenvalue weighted by atomic mass is 31.1. The number of rotatable bonds is 12. The van der Waals surface area contributed by atoms with Gasteiger partial charge >= 0.3 is 0 Å². The van der Waals surface area contributed by atoms with Crippen molar-refractivity contribution < 1.29 is 9.59 Å². The highest BCUT2D eigenvalue weighted by molar-refractivity contribution is 7.80. The quantitative estimate of drug-likeness (QED) is 0.114. The summed E-state index contributed by atoms with van der Waals surface area (Å²) in [6.45, 7) is 10.4. The molecule has 3 rings (SSSR count). The van der Waals surface area contributed by atoms with Gasteiger partial charge in [-0.25, -0.2) is 0 Å². The molecule has 0 amide bonds. The minimum absolute atomic E-state index is 0.000344. The zero-order chi connectivity index (χ0) is 26.1. The van der Waals surface area contributed by atoms with Crippen molar-refractivity contribution in [2.24, 2.45) is 5.92 Å². The molecule has 0 aliphatic carbocycles. The molecule has 0 fully saturated rings. The molecule has 0 spiro atoms. The zero-order valence-corrected chi connectivity index (χ0v) is 23.3. The monoisotopic (exact) mass is 498 g/mol. The van der Waals surface area contributed by atoms with Gasteiger partial charge in [-0.2, -0.15) is 0 Å². The summed E-state index contributed by atoms with van der Waals surface area (Å²) in [5.41, 5.74) is 3.89. The number of unbranched alkanes of at least 4 members (excludes halogenated alkanes) is 2. The molecule has 0 saturated carbocycles. The van der Waals surface area contributed by atoms with E-state index in [0.717, 1.165) is 48.8 Å². The van der Waals surface area contributed by atoms with E-state index in [1.165, 1.54) is 33.6 Å². The summed E-state index contributed by atoms with van der Waals surface area (Å²) in [4.78, 5) is 26.3. The molecule has 3 aromatic rings. The molecule has 1 unspecified atom stereocenters. The number of carbonyl (C=O) groups is 2. The molecule has 0 aromatic heterocycles. The van der Waals surface area contributed by atoms with E-state index in [2.05, 4.69) is 82.3 Å². The largest absolute Gasteiger partial charge is 0.295 e. The van der Waals surface area contributed by atoms with E-state index in [1.807, 2.05) is 19.1 Å². The van der Waals surface area contributed by atoms with Crippen LogP contribution in [-0.4, -0.2) is 11.6 Å². The molecule has 0 bridgehead atoms. The van der Waals surface area contributed by atoms with Gasteiger partial charge in [-0.15, -0.1) is 0 Å². The Balaban J connectivity index is 2.01. The number of carbonyl (C=O) groups excluding carboxylic acids is 2. The fourth-order valence-corrected chi connectivity index (χ4v) is 7.64. The molecule has 0 heterocycles. The van der Waals surface area contributed by atoms with Gasteiger partial charge in [0.1, 0.15) is 0 Å². The number of hydrogen-bond donors (Lipinski definition) is 0. The van der Waals surface area contributed by atoms with Crippen LogP contribution in [0.15, 0.2) is 78.9 Å². The molecule has 3 heteroatoms. The Kier molecular flexibility index (Phi) is 10.4. The number of ketones is 2. The Morgan fingerprint density at radius 2 is 1.39 bits per heavy atom. The van der Waals surface area contributed by atoms with Gasteiger partial charge < -0.3 is 0 Å². The Morgan fingerprint density at radius 3 is 1.92 bits per heavy atom. The summed E-state index contributed by atoms with van der Waals surface area (Å²) in [6, 6.07) is 23.3. The Hall–Kier alpha value is -2.83. The van der Waals surface area contributed by atoms with Gasteiger partial charge in [-0.3, -0.25) is 9.59 Å². The maximum absolute atomic E-state index is 13.5. The lowest BCUT2D eigenvalue weighted by Crippen LogP contribution is -2.26. The second-order valence-electron chi connectivity index (χ2n) is 9.57. The first-order chi connectivity index (χ1) is 17.4. The van der Waals surface area contributed by atoms with Crippen LogP contribution in [0, 0.1) is 26.7 Å². The Labute approximate surface area is 218 Å². The normalized spacial score (nSPS) is 12.3. The van der Waals surface area contributed by atoms with Crippen LogP contribution in [0.5, 0.6) is 0 Å². The van der Waals surface area contributed by atoms with Gasteiger partial charge in [0.15, 0.2) is 11.6 Å². The third kappa shape index (κ3) is 6.68. The lowest BCUT2D eigenvalue weighted by Gasteiger charge is -2.25. The fraction of sp³-hybridized carbons (Fsp3) is 0.333. The van der Waals surface area contributed by atoms with Gasteiger partial charge in [-0.1, -0.05) is 99.8 Å². The second kappa shape index (κ2) is 13.5. The minimum Gasteiger partial charge on any atom is -0.295 e. The molecule has 0 N–H and O–H groups in total. The maximum atomic E-state index is 13.5. The number of aryl methyl sites for hydroxylation is 2. The number of benzene rings is 3. The average molecular weight is 499 g/mol. The summed E-state index contributed by atoms with van der Waals surface area (Å²) < 4.78 is 0. The smallest absolute Gasteiger partial charge is 0.186 e. The second-order valence-corrected chi connectivity index (χ2v) is 11.7. The third-order valence-electron chi connectivity index (χ3n) is 6.88. The van der Waals surface area contributed by atoms with Crippen molar-refractivity contribution in [3.8, 4) is 0 Å². The lowest BCUT2D eigenvalue weighted by molar-refractivity contribution is -0.118. The molecule has 0 aliphatic rings. The topological polar surface area (TPSA) is 34.1 Å². The molecule has 188 valence electrons. The highest BCUT2D eigenvalue weighted by Gasteiger charge is 2.24. The SMILES string of the molecule is CCCCCC(CC)C(=O)/C=C\C(=O)c1c(C)cc(C)c(P(c2ccccc2)c2ccccc2)c1C. The average Bonchev–Trinajstić information content (AvgIpc) is 2.88. The molecule has 1 atom stereocenters. The summed E-state index contributed by atoms with van der Waals surface area (Å²) in [5.74, 6) is -0.0140. The van der Waals surface area contributed by atoms with E-state index in [-0.39, 0.29) is 17.5 Å².